The number of aromatic nitrogens is 2. The van der Waals surface area contributed by atoms with Gasteiger partial charge < -0.3 is 20.3 Å². The van der Waals surface area contributed by atoms with Gasteiger partial charge >= 0.3 is 0 Å². The van der Waals surface area contributed by atoms with Gasteiger partial charge in [-0.1, -0.05) is 60.1 Å². The third-order valence-corrected chi connectivity index (χ3v) is 7.55. The Morgan fingerprint density at radius 1 is 1.03 bits per heavy atom. The maximum Gasteiger partial charge on any atom is 0.275 e. The van der Waals surface area contributed by atoms with E-state index in [-0.39, 0.29) is 18.0 Å². The number of amides is 1. The third kappa shape index (κ3) is 6.74. The molecule has 202 valence electrons. The van der Waals surface area contributed by atoms with Gasteiger partial charge in [0.05, 0.1) is 11.6 Å². The lowest BCUT2D eigenvalue weighted by molar-refractivity contribution is 0.0665. The number of carbonyl (C=O) groups is 1. The SMILES string of the molecule is O=C(NCc1ccc(Cl)cc1)c1nnc2c(CCC(O)c3ccccc3)cc(CC3CCOCC3)cc2c1O. The van der Waals surface area contributed by atoms with Crippen molar-refractivity contribution in [3.8, 4) is 5.75 Å². The van der Waals surface area contributed by atoms with Crippen LogP contribution < -0.4 is 5.32 Å². The van der Waals surface area contributed by atoms with E-state index in [1.54, 1.807) is 12.1 Å². The summed E-state index contributed by atoms with van der Waals surface area (Å²) in [4.78, 5) is 13.0. The molecular formula is C31H32ClN3O4. The molecule has 0 saturated carbocycles. The summed E-state index contributed by atoms with van der Waals surface area (Å²) in [7, 11) is 0. The average Bonchev–Trinajstić information content (AvgIpc) is 2.97. The van der Waals surface area contributed by atoms with Gasteiger partial charge in [0.15, 0.2) is 11.4 Å². The number of nitrogens with one attached hydrogen (secondary N) is 1. The smallest absolute Gasteiger partial charge is 0.275 e. The van der Waals surface area contributed by atoms with E-state index < -0.39 is 12.0 Å². The Bertz CT molecular complexity index is 1420. The van der Waals surface area contributed by atoms with E-state index in [1.807, 2.05) is 48.5 Å². The van der Waals surface area contributed by atoms with Gasteiger partial charge in [0.2, 0.25) is 0 Å². The number of aliphatic hydroxyl groups is 1. The van der Waals surface area contributed by atoms with Crippen LogP contribution in [0.25, 0.3) is 10.9 Å². The molecule has 1 aliphatic rings. The number of carbonyl (C=O) groups excluding carboxylic acids is 1. The molecule has 3 N–H and O–H groups in total. The molecule has 0 aliphatic carbocycles. The molecule has 8 heteroatoms. The lowest BCUT2D eigenvalue weighted by Gasteiger charge is -2.22. The van der Waals surface area contributed by atoms with E-state index in [2.05, 4.69) is 21.6 Å². The number of hydrogen-bond donors (Lipinski definition) is 3. The fourth-order valence-electron chi connectivity index (χ4n) is 5.08. The van der Waals surface area contributed by atoms with E-state index >= 15 is 0 Å². The Kier molecular flexibility index (Phi) is 8.71. The van der Waals surface area contributed by atoms with Crippen molar-refractivity contribution in [3.63, 3.8) is 0 Å². The minimum absolute atomic E-state index is 0.116. The summed E-state index contributed by atoms with van der Waals surface area (Å²) in [6.45, 7) is 1.77. The number of halogens is 1. The summed E-state index contributed by atoms with van der Waals surface area (Å²) in [6.07, 6.45) is 3.22. The minimum atomic E-state index is -0.625. The Balaban J connectivity index is 1.42. The number of aliphatic hydroxyl groups excluding tert-OH is 1. The van der Waals surface area contributed by atoms with Gasteiger partial charge in [-0.2, -0.15) is 0 Å². The van der Waals surface area contributed by atoms with Gasteiger partial charge in [-0.05, 0) is 78.5 Å². The second-order valence-corrected chi connectivity index (χ2v) is 10.5. The fourth-order valence-corrected chi connectivity index (χ4v) is 5.21. The fraction of sp³-hybridized carbons (Fsp3) is 0.323. The van der Waals surface area contributed by atoms with E-state index in [9.17, 15) is 15.0 Å². The van der Waals surface area contributed by atoms with E-state index in [0.29, 0.717) is 34.7 Å². The van der Waals surface area contributed by atoms with Crippen molar-refractivity contribution < 1.29 is 19.7 Å². The number of aromatic hydroxyl groups is 1. The molecule has 39 heavy (non-hydrogen) atoms. The van der Waals surface area contributed by atoms with Crippen LogP contribution in [-0.2, 0) is 24.1 Å². The normalized spacial score (nSPS) is 14.8. The summed E-state index contributed by atoms with van der Waals surface area (Å²) in [5, 5.41) is 34.4. The van der Waals surface area contributed by atoms with Crippen LogP contribution in [0.2, 0.25) is 5.02 Å². The first-order valence-corrected chi connectivity index (χ1v) is 13.7. The quantitative estimate of drug-likeness (QED) is 0.254. The number of rotatable bonds is 9. The summed E-state index contributed by atoms with van der Waals surface area (Å²) in [5.74, 6) is -0.210. The molecular weight excluding hydrogens is 514 g/mol. The molecule has 1 aliphatic heterocycles. The second kappa shape index (κ2) is 12.6. The number of ether oxygens (including phenoxy) is 1. The third-order valence-electron chi connectivity index (χ3n) is 7.30. The molecule has 0 bridgehead atoms. The first kappa shape index (κ1) is 27.1. The molecule has 1 fully saturated rings. The van der Waals surface area contributed by atoms with Crippen molar-refractivity contribution in [2.75, 3.05) is 13.2 Å². The highest BCUT2D eigenvalue weighted by atomic mass is 35.5. The van der Waals surface area contributed by atoms with Crippen molar-refractivity contribution in [3.05, 3.63) is 99.7 Å². The number of hydrogen-bond acceptors (Lipinski definition) is 6. The molecule has 1 amide bonds. The summed E-state index contributed by atoms with van der Waals surface area (Å²) in [5.41, 5.74) is 4.11. The van der Waals surface area contributed by atoms with Crippen LogP contribution >= 0.6 is 11.6 Å². The number of aryl methyl sites for hydroxylation is 1. The minimum Gasteiger partial charge on any atom is -0.505 e. The first-order chi connectivity index (χ1) is 19.0. The molecule has 7 nitrogen and oxygen atoms in total. The number of nitrogens with zero attached hydrogens (tertiary/aromatic N) is 2. The molecule has 1 aromatic heterocycles. The predicted octanol–water partition coefficient (Wildman–Crippen LogP) is 5.55. The van der Waals surface area contributed by atoms with Crippen LogP contribution in [0.3, 0.4) is 0 Å². The zero-order chi connectivity index (χ0) is 27.2. The lowest BCUT2D eigenvalue weighted by Crippen LogP contribution is -2.24. The van der Waals surface area contributed by atoms with Crippen LogP contribution in [0.4, 0.5) is 0 Å². The highest BCUT2D eigenvalue weighted by molar-refractivity contribution is 6.30. The molecule has 0 spiro atoms. The molecule has 1 atom stereocenters. The van der Waals surface area contributed by atoms with Gasteiger partial charge in [0.1, 0.15) is 0 Å². The highest BCUT2D eigenvalue weighted by Crippen LogP contribution is 2.32. The summed E-state index contributed by atoms with van der Waals surface area (Å²) in [6, 6.07) is 20.7. The van der Waals surface area contributed by atoms with Gasteiger partial charge in [0.25, 0.3) is 5.91 Å². The predicted molar refractivity (Wildman–Crippen MR) is 151 cm³/mol. The molecule has 5 rings (SSSR count). The Morgan fingerprint density at radius 2 is 1.77 bits per heavy atom. The zero-order valence-electron chi connectivity index (χ0n) is 21.6. The zero-order valence-corrected chi connectivity index (χ0v) is 22.4. The Labute approximate surface area is 232 Å². The highest BCUT2D eigenvalue weighted by Gasteiger charge is 2.21. The second-order valence-electron chi connectivity index (χ2n) is 10.1. The van der Waals surface area contributed by atoms with E-state index in [4.69, 9.17) is 16.3 Å². The molecule has 2 heterocycles. The lowest BCUT2D eigenvalue weighted by atomic mass is 9.89. The van der Waals surface area contributed by atoms with Gasteiger partial charge in [-0.25, -0.2) is 0 Å². The van der Waals surface area contributed by atoms with Crippen molar-refractivity contribution in [2.24, 2.45) is 5.92 Å². The van der Waals surface area contributed by atoms with Gasteiger partial charge in [-0.3, -0.25) is 4.79 Å². The largest absolute Gasteiger partial charge is 0.505 e. The van der Waals surface area contributed by atoms with Gasteiger partial charge in [0, 0.05) is 30.2 Å². The summed E-state index contributed by atoms with van der Waals surface area (Å²) < 4.78 is 5.52. The molecule has 1 unspecified atom stereocenters. The molecule has 4 aromatic rings. The standard InChI is InChI=1S/C31H32ClN3O4/c32-25-9-6-21(7-10-25)19-33-31(38)29-30(37)26-18-22(16-20-12-14-39-15-13-20)17-24(28(26)34-35-29)8-11-27(36)23-4-2-1-3-5-23/h1-7,9-10,17-18,20,27,36H,8,11-16,19H2,(H,33,38)(H,34,37). The Hall–Kier alpha value is -3.52. The van der Waals surface area contributed by atoms with Crippen LogP contribution in [0.5, 0.6) is 5.75 Å². The van der Waals surface area contributed by atoms with Crippen molar-refractivity contribution in [1.29, 1.82) is 0 Å². The summed E-state index contributed by atoms with van der Waals surface area (Å²) >= 11 is 5.95. The van der Waals surface area contributed by atoms with E-state index in [1.165, 1.54) is 0 Å². The Morgan fingerprint density at radius 3 is 2.51 bits per heavy atom. The van der Waals surface area contributed by atoms with Gasteiger partial charge in [-0.15, -0.1) is 10.2 Å². The number of fused-ring (bicyclic) bond motifs is 1. The van der Waals surface area contributed by atoms with Crippen molar-refractivity contribution >= 4 is 28.4 Å². The van der Waals surface area contributed by atoms with Crippen LogP contribution in [0.1, 0.15) is 58.1 Å². The average molecular weight is 546 g/mol. The first-order valence-electron chi connectivity index (χ1n) is 13.3. The topological polar surface area (TPSA) is 105 Å². The van der Waals surface area contributed by atoms with Crippen LogP contribution in [-0.4, -0.2) is 39.5 Å². The maximum absolute atomic E-state index is 13.0. The van der Waals surface area contributed by atoms with Crippen molar-refractivity contribution in [2.45, 2.75) is 44.8 Å². The van der Waals surface area contributed by atoms with Crippen LogP contribution in [0.15, 0.2) is 66.7 Å². The number of benzene rings is 3. The van der Waals surface area contributed by atoms with Crippen molar-refractivity contribution in [1.82, 2.24) is 15.5 Å². The molecule has 0 radical (unpaired) electrons. The maximum atomic E-state index is 13.0. The molecule has 1 saturated heterocycles. The monoisotopic (exact) mass is 545 g/mol. The van der Waals surface area contributed by atoms with E-state index in [0.717, 1.165) is 54.7 Å². The van der Waals surface area contributed by atoms with Crippen LogP contribution in [0, 0.1) is 5.92 Å². The molecule has 3 aromatic carbocycles.